The molecule has 0 aliphatic carbocycles. The Labute approximate surface area is 131 Å². The van der Waals surface area contributed by atoms with Crippen LogP contribution >= 0.6 is 11.6 Å². The molecule has 3 rings (SSSR count). The minimum absolute atomic E-state index is 0.312. The predicted molar refractivity (Wildman–Crippen MR) is 81.5 cm³/mol. The largest absolute Gasteiger partial charge is 0.442 e. The number of rotatable bonds is 3. The first-order chi connectivity index (χ1) is 10.7. The smallest absolute Gasteiger partial charge is 0.295 e. The quantitative estimate of drug-likeness (QED) is 0.745. The number of benzene rings is 2. The Kier molecular flexibility index (Phi) is 3.77. The van der Waals surface area contributed by atoms with Crippen molar-refractivity contribution in [1.29, 1.82) is 5.26 Å². The lowest BCUT2D eigenvalue weighted by Crippen LogP contribution is -2.16. The van der Waals surface area contributed by atoms with E-state index >= 15 is 0 Å². The molecule has 0 bridgehead atoms. The first kappa shape index (κ1) is 14.1. The molecule has 0 atom stereocenters. The summed E-state index contributed by atoms with van der Waals surface area (Å²) in [6.45, 7) is 0.312. The second-order valence-electron chi connectivity index (χ2n) is 4.67. The van der Waals surface area contributed by atoms with Crippen LogP contribution in [0.2, 0.25) is 5.02 Å². The molecule has 108 valence electrons. The van der Waals surface area contributed by atoms with Gasteiger partial charge < -0.3 is 0 Å². The Morgan fingerprint density at radius 2 is 1.82 bits per heavy atom. The number of hydrogen-bond acceptors (Lipinski definition) is 4. The lowest BCUT2D eigenvalue weighted by atomic mass is 10.1. The predicted octanol–water partition coefficient (Wildman–Crippen LogP) is 3.08. The summed E-state index contributed by atoms with van der Waals surface area (Å²) in [7, 11) is 0. The molecule has 0 fully saturated rings. The molecule has 0 unspecified atom stereocenters. The van der Waals surface area contributed by atoms with E-state index in [-0.39, 0.29) is 0 Å². The topological polar surface area (TPSA) is 71.8 Å². The van der Waals surface area contributed by atoms with Gasteiger partial charge in [-0.15, -0.1) is 0 Å². The fourth-order valence-corrected chi connectivity index (χ4v) is 2.21. The summed E-state index contributed by atoms with van der Waals surface area (Å²) in [4.78, 5) is 11.9. The minimum Gasteiger partial charge on any atom is -0.295 e. The van der Waals surface area contributed by atoms with Crippen LogP contribution in [-0.2, 0) is 6.54 Å². The lowest BCUT2D eigenvalue weighted by Gasteiger charge is -2.05. The van der Waals surface area contributed by atoms with E-state index in [1.54, 1.807) is 48.5 Å². The van der Waals surface area contributed by atoms with Crippen LogP contribution in [-0.4, -0.2) is 9.72 Å². The number of aromatic nitrogens is 2. The van der Waals surface area contributed by atoms with Crippen molar-refractivity contribution < 1.29 is 4.52 Å². The zero-order valence-corrected chi connectivity index (χ0v) is 12.1. The third kappa shape index (κ3) is 2.78. The van der Waals surface area contributed by atoms with E-state index in [9.17, 15) is 4.79 Å². The second kappa shape index (κ2) is 5.88. The molecule has 5 nitrogen and oxygen atoms in total. The van der Waals surface area contributed by atoms with Crippen molar-refractivity contribution in [2.45, 2.75) is 6.54 Å². The average molecular weight is 312 g/mol. The van der Waals surface area contributed by atoms with E-state index in [1.807, 2.05) is 0 Å². The highest BCUT2D eigenvalue weighted by Crippen LogP contribution is 2.19. The van der Waals surface area contributed by atoms with E-state index in [0.29, 0.717) is 23.0 Å². The van der Waals surface area contributed by atoms with Gasteiger partial charge in [-0.1, -0.05) is 28.9 Å². The maximum Gasteiger partial charge on any atom is 0.442 e. The molecule has 22 heavy (non-hydrogen) atoms. The van der Waals surface area contributed by atoms with Crippen molar-refractivity contribution in [3.63, 3.8) is 0 Å². The zero-order valence-electron chi connectivity index (χ0n) is 11.4. The third-order valence-electron chi connectivity index (χ3n) is 3.21. The van der Waals surface area contributed by atoms with Crippen molar-refractivity contribution in [1.82, 2.24) is 9.72 Å². The van der Waals surface area contributed by atoms with Crippen molar-refractivity contribution >= 4 is 11.6 Å². The van der Waals surface area contributed by atoms with Crippen LogP contribution in [0.4, 0.5) is 0 Å². The van der Waals surface area contributed by atoms with E-state index in [0.717, 1.165) is 11.1 Å². The molecule has 0 N–H and O–H groups in total. The Morgan fingerprint density at radius 1 is 1.14 bits per heavy atom. The molecule has 0 spiro atoms. The Hall–Kier alpha value is -2.84. The first-order valence-electron chi connectivity index (χ1n) is 6.49. The van der Waals surface area contributed by atoms with Gasteiger partial charge in [-0.3, -0.25) is 9.09 Å². The minimum atomic E-state index is -0.533. The van der Waals surface area contributed by atoms with Gasteiger partial charge in [0.15, 0.2) is 5.82 Å². The highest BCUT2D eigenvalue weighted by molar-refractivity contribution is 6.30. The van der Waals surface area contributed by atoms with E-state index in [4.69, 9.17) is 21.4 Å². The Bertz CT molecular complexity index is 887. The molecule has 6 heteroatoms. The first-order valence-corrected chi connectivity index (χ1v) is 6.86. The fraction of sp³-hybridized carbons (Fsp3) is 0.0625. The van der Waals surface area contributed by atoms with Crippen LogP contribution in [0.5, 0.6) is 0 Å². The Balaban J connectivity index is 1.97. The molecular weight excluding hydrogens is 302 g/mol. The normalized spacial score (nSPS) is 10.4. The summed E-state index contributed by atoms with van der Waals surface area (Å²) in [5, 5.41) is 13.2. The summed E-state index contributed by atoms with van der Waals surface area (Å²) in [6.07, 6.45) is 0. The van der Waals surface area contributed by atoms with Gasteiger partial charge in [-0.05, 0) is 42.0 Å². The molecule has 0 radical (unpaired) electrons. The highest BCUT2D eigenvalue weighted by atomic mass is 35.5. The van der Waals surface area contributed by atoms with Gasteiger partial charge in [-0.2, -0.15) is 5.26 Å². The lowest BCUT2D eigenvalue weighted by molar-refractivity contribution is 0.378. The molecule has 0 saturated heterocycles. The van der Waals surface area contributed by atoms with E-state index in [1.165, 1.54) is 4.57 Å². The van der Waals surface area contributed by atoms with Crippen LogP contribution < -0.4 is 5.76 Å². The molecule has 1 aromatic heterocycles. The van der Waals surface area contributed by atoms with E-state index < -0.39 is 5.76 Å². The second-order valence-corrected chi connectivity index (χ2v) is 5.11. The molecule has 0 aliphatic heterocycles. The Morgan fingerprint density at radius 3 is 2.45 bits per heavy atom. The van der Waals surface area contributed by atoms with Crippen LogP contribution in [0.15, 0.2) is 57.8 Å². The molecule has 0 amide bonds. The third-order valence-corrected chi connectivity index (χ3v) is 3.46. The summed E-state index contributed by atoms with van der Waals surface area (Å²) in [6, 6.07) is 16.0. The van der Waals surface area contributed by atoms with Gasteiger partial charge in [0.25, 0.3) is 0 Å². The molecule has 1 heterocycles. The molecular formula is C16H10ClN3O2. The van der Waals surface area contributed by atoms with Gasteiger partial charge in [0, 0.05) is 10.6 Å². The summed E-state index contributed by atoms with van der Waals surface area (Å²) in [5.41, 5.74) is 2.18. The van der Waals surface area contributed by atoms with Gasteiger partial charge >= 0.3 is 5.76 Å². The van der Waals surface area contributed by atoms with Crippen molar-refractivity contribution in [2.24, 2.45) is 0 Å². The molecule has 0 aliphatic rings. The average Bonchev–Trinajstić information content (AvgIpc) is 2.90. The van der Waals surface area contributed by atoms with Crippen molar-refractivity contribution in [3.05, 3.63) is 75.2 Å². The number of hydrogen-bond donors (Lipinski definition) is 0. The fourth-order valence-electron chi connectivity index (χ4n) is 2.08. The maximum absolute atomic E-state index is 11.9. The van der Waals surface area contributed by atoms with Gasteiger partial charge in [0.1, 0.15) is 0 Å². The highest BCUT2D eigenvalue weighted by Gasteiger charge is 2.13. The standard InChI is InChI=1S/C16H10ClN3O2/c17-14-7-5-13(6-8-14)15-19-22-16(21)20(15)10-12-3-1-11(9-18)2-4-12/h1-8H,10H2. The maximum atomic E-state index is 11.9. The van der Waals surface area contributed by atoms with Gasteiger partial charge in [-0.25, -0.2) is 4.79 Å². The number of nitrogens with zero attached hydrogens (tertiary/aromatic N) is 3. The van der Waals surface area contributed by atoms with E-state index in [2.05, 4.69) is 11.2 Å². The molecule has 3 aromatic rings. The van der Waals surface area contributed by atoms with Gasteiger partial charge in [0.2, 0.25) is 0 Å². The summed E-state index contributed by atoms with van der Waals surface area (Å²) >= 11 is 5.86. The van der Waals surface area contributed by atoms with Crippen molar-refractivity contribution in [3.8, 4) is 17.5 Å². The molecule has 0 saturated carbocycles. The monoisotopic (exact) mass is 311 g/mol. The van der Waals surface area contributed by atoms with Crippen molar-refractivity contribution in [2.75, 3.05) is 0 Å². The van der Waals surface area contributed by atoms with Crippen LogP contribution in [0.3, 0.4) is 0 Å². The SMILES string of the molecule is N#Cc1ccc(Cn2c(-c3ccc(Cl)cc3)noc2=O)cc1. The van der Waals surface area contributed by atoms with Gasteiger partial charge in [0.05, 0.1) is 18.2 Å². The van der Waals surface area contributed by atoms with Crippen LogP contribution in [0.25, 0.3) is 11.4 Å². The summed E-state index contributed by atoms with van der Waals surface area (Å²) < 4.78 is 6.20. The van der Waals surface area contributed by atoms with Crippen LogP contribution in [0.1, 0.15) is 11.1 Å². The summed E-state index contributed by atoms with van der Waals surface area (Å²) in [5.74, 6) is -0.0969. The zero-order chi connectivity index (χ0) is 15.5. The molecule has 2 aromatic carbocycles. The van der Waals surface area contributed by atoms with Crippen LogP contribution in [0, 0.1) is 11.3 Å². The number of halogens is 1. The number of nitriles is 1.